The van der Waals surface area contributed by atoms with Crippen molar-refractivity contribution >= 4 is 21.6 Å². The normalized spacial score (nSPS) is 17.5. The highest BCUT2D eigenvalue weighted by atomic mass is 35.5. The first-order valence-electron chi connectivity index (χ1n) is 7.60. The molecule has 23 heavy (non-hydrogen) atoms. The Hall–Kier alpha value is -1.43. The van der Waals surface area contributed by atoms with Gasteiger partial charge in [-0.15, -0.1) is 0 Å². The zero-order valence-electron chi connectivity index (χ0n) is 13.1. The van der Waals surface area contributed by atoms with E-state index < -0.39 is 15.3 Å². The molecule has 0 saturated carbocycles. The third-order valence-electron chi connectivity index (χ3n) is 4.16. The lowest BCUT2D eigenvalue weighted by Gasteiger charge is -2.14. The summed E-state index contributed by atoms with van der Waals surface area (Å²) < 4.78 is 26.9. The van der Waals surface area contributed by atoms with Gasteiger partial charge >= 0.3 is 0 Å². The molecule has 0 radical (unpaired) electrons. The zero-order valence-corrected chi connectivity index (χ0v) is 14.7. The quantitative estimate of drug-likeness (QED) is 0.861. The summed E-state index contributed by atoms with van der Waals surface area (Å²) in [4.78, 5) is 4.11. The summed E-state index contributed by atoms with van der Waals surface area (Å²) in [7, 11) is -3.25. The molecule has 1 aromatic heterocycles. The number of sulfonamides is 1. The van der Waals surface area contributed by atoms with Crippen molar-refractivity contribution in [3.05, 3.63) is 52.8 Å². The van der Waals surface area contributed by atoms with Crippen LogP contribution in [0.5, 0.6) is 0 Å². The maximum absolute atomic E-state index is 12.0. The number of nitrogens with zero attached hydrogens (tertiary/aromatic N) is 1. The van der Waals surface area contributed by atoms with Crippen LogP contribution in [0.15, 0.2) is 36.5 Å². The van der Waals surface area contributed by atoms with Crippen molar-refractivity contribution in [1.29, 1.82) is 0 Å². The van der Waals surface area contributed by atoms with Gasteiger partial charge in [-0.25, -0.2) is 18.1 Å². The van der Waals surface area contributed by atoms with Gasteiger partial charge in [0.2, 0.25) is 10.0 Å². The highest BCUT2D eigenvalue weighted by Gasteiger charge is 2.27. The number of aromatic nitrogens is 1. The molecule has 122 valence electrons. The van der Waals surface area contributed by atoms with Gasteiger partial charge in [-0.3, -0.25) is 0 Å². The third-order valence-corrected chi connectivity index (χ3v) is 6.36. The Bertz CT molecular complexity index is 834. The van der Waals surface area contributed by atoms with Crippen LogP contribution in [0, 0.1) is 0 Å². The number of hydrogen-bond acceptors (Lipinski definition) is 3. The zero-order chi connectivity index (χ0) is 16.6. The van der Waals surface area contributed by atoms with Crippen LogP contribution in [-0.2, 0) is 22.9 Å². The molecular weight excluding hydrogens is 332 g/mol. The van der Waals surface area contributed by atoms with E-state index in [1.807, 2.05) is 18.2 Å². The second kappa shape index (κ2) is 6.23. The fourth-order valence-corrected chi connectivity index (χ4v) is 3.97. The minimum Gasteiger partial charge on any atom is -0.244 e. The molecule has 4 nitrogen and oxygen atoms in total. The molecule has 1 unspecified atom stereocenters. The minimum atomic E-state index is -3.25. The molecule has 1 aromatic carbocycles. The average Bonchev–Trinajstić information content (AvgIpc) is 2.88. The van der Waals surface area contributed by atoms with Gasteiger partial charge in [-0.2, -0.15) is 0 Å². The summed E-state index contributed by atoms with van der Waals surface area (Å²) in [6.45, 7) is 3.37. The largest absolute Gasteiger partial charge is 0.244 e. The number of rotatable bonds is 4. The highest BCUT2D eigenvalue weighted by molar-refractivity contribution is 7.90. The van der Waals surface area contributed by atoms with Crippen LogP contribution in [0.25, 0.3) is 11.1 Å². The Balaban J connectivity index is 1.83. The Morgan fingerprint density at radius 2 is 1.96 bits per heavy atom. The molecule has 0 amide bonds. The summed E-state index contributed by atoms with van der Waals surface area (Å²) in [5, 5.41) is 0.0541. The van der Waals surface area contributed by atoms with Gasteiger partial charge in [0.25, 0.3) is 0 Å². The first-order valence-corrected chi connectivity index (χ1v) is 9.53. The summed E-state index contributed by atoms with van der Waals surface area (Å²) in [5.41, 5.74) is 4.25. The Labute approximate surface area is 142 Å². The van der Waals surface area contributed by atoms with Crippen LogP contribution in [0.4, 0.5) is 0 Å². The van der Waals surface area contributed by atoms with E-state index in [-0.39, 0.29) is 6.04 Å². The number of benzene rings is 1. The van der Waals surface area contributed by atoms with E-state index in [0.717, 1.165) is 17.5 Å². The molecule has 0 saturated heterocycles. The van der Waals surface area contributed by atoms with Crippen LogP contribution in [0.1, 0.15) is 25.0 Å². The molecule has 2 aromatic rings. The lowest BCUT2D eigenvalue weighted by atomic mass is 10.0. The van der Waals surface area contributed by atoms with Gasteiger partial charge in [-0.05, 0) is 55.5 Å². The minimum absolute atomic E-state index is 0.0722. The second-order valence-corrected chi connectivity index (χ2v) is 8.77. The van der Waals surface area contributed by atoms with E-state index in [1.165, 1.54) is 11.1 Å². The summed E-state index contributed by atoms with van der Waals surface area (Å²) in [6, 6.07) is 9.87. The van der Waals surface area contributed by atoms with E-state index in [4.69, 9.17) is 11.6 Å². The number of pyridine rings is 1. The molecule has 0 aliphatic heterocycles. The van der Waals surface area contributed by atoms with Crippen molar-refractivity contribution in [1.82, 2.24) is 9.71 Å². The SMILES string of the molecule is CC(C)S(=O)(=O)NC1Cc2ccc(-c3cccnc3Cl)cc2C1. The van der Waals surface area contributed by atoms with Gasteiger partial charge in [0, 0.05) is 17.8 Å². The lowest BCUT2D eigenvalue weighted by Crippen LogP contribution is -2.39. The van der Waals surface area contributed by atoms with E-state index >= 15 is 0 Å². The van der Waals surface area contributed by atoms with Crippen molar-refractivity contribution < 1.29 is 8.42 Å². The standard InChI is InChI=1S/C17H19ClN2O2S/c1-11(2)23(21,22)20-15-9-12-5-6-13(8-14(12)10-15)16-4-3-7-19-17(16)18/h3-8,11,15,20H,9-10H2,1-2H3. The maximum Gasteiger partial charge on any atom is 0.214 e. The Morgan fingerprint density at radius 1 is 1.22 bits per heavy atom. The average molecular weight is 351 g/mol. The van der Waals surface area contributed by atoms with E-state index in [9.17, 15) is 8.42 Å². The van der Waals surface area contributed by atoms with Crippen LogP contribution in [0.3, 0.4) is 0 Å². The van der Waals surface area contributed by atoms with E-state index in [2.05, 4.69) is 21.8 Å². The summed E-state index contributed by atoms with van der Waals surface area (Å²) >= 11 is 6.16. The molecule has 0 bridgehead atoms. The van der Waals surface area contributed by atoms with Crippen LogP contribution < -0.4 is 4.72 Å². The molecular formula is C17H19ClN2O2S. The Morgan fingerprint density at radius 3 is 2.65 bits per heavy atom. The topological polar surface area (TPSA) is 59.1 Å². The molecule has 3 rings (SSSR count). The third kappa shape index (κ3) is 3.42. The molecule has 1 aliphatic rings. The van der Waals surface area contributed by atoms with Crippen LogP contribution in [-0.4, -0.2) is 24.7 Å². The molecule has 1 aliphatic carbocycles. The lowest BCUT2D eigenvalue weighted by molar-refractivity contribution is 0.547. The predicted molar refractivity (Wildman–Crippen MR) is 93.1 cm³/mol. The fraction of sp³-hybridized carbons (Fsp3) is 0.353. The van der Waals surface area contributed by atoms with Crippen LogP contribution >= 0.6 is 11.6 Å². The first kappa shape index (κ1) is 16.4. The van der Waals surface area contributed by atoms with E-state index in [0.29, 0.717) is 11.6 Å². The Kier molecular flexibility index (Phi) is 4.45. The first-order chi connectivity index (χ1) is 10.9. The number of hydrogen-bond donors (Lipinski definition) is 1. The van der Waals surface area contributed by atoms with Crippen molar-refractivity contribution in [2.24, 2.45) is 0 Å². The predicted octanol–water partition coefficient (Wildman–Crippen LogP) is 3.20. The molecule has 0 spiro atoms. The molecule has 0 fully saturated rings. The van der Waals surface area contributed by atoms with Gasteiger partial charge in [0.1, 0.15) is 5.15 Å². The molecule has 6 heteroatoms. The molecule has 1 N–H and O–H groups in total. The summed E-state index contributed by atoms with van der Waals surface area (Å²) in [6.07, 6.45) is 3.09. The molecule has 1 atom stereocenters. The second-order valence-electron chi connectivity index (χ2n) is 6.14. The highest BCUT2D eigenvalue weighted by Crippen LogP contribution is 2.31. The number of halogens is 1. The van der Waals surface area contributed by atoms with Crippen molar-refractivity contribution in [3.63, 3.8) is 0 Å². The van der Waals surface area contributed by atoms with Crippen molar-refractivity contribution in [2.45, 2.75) is 38.0 Å². The number of fused-ring (bicyclic) bond motifs is 1. The van der Waals surface area contributed by atoms with Gasteiger partial charge in [-0.1, -0.05) is 29.8 Å². The van der Waals surface area contributed by atoms with Gasteiger partial charge in [0.05, 0.1) is 5.25 Å². The molecule has 1 heterocycles. The van der Waals surface area contributed by atoms with Crippen molar-refractivity contribution in [3.8, 4) is 11.1 Å². The van der Waals surface area contributed by atoms with Gasteiger partial charge < -0.3 is 0 Å². The van der Waals surface area contributed by atoms with Crippen LogP contribution in [0.2, 0.25) is 5.15 Å². The monoisotopic (exact) mass is 350 g/mol. The summed E-state index contributed by atoms with van der Waals surface area (Å²) in [5.74, 6) is 0. The number of nitrogens with one attached hydrogen (secondary N) is 1. The van der Waals surface area contributed by atoms with E-state index in [1.54, 1.807) is 20.0 Å². The fourth-order valence-electron chi connectivity index (χ4n) is 2.84. The van der Waals surface area contributed by atoms with Crippen molar-refractivity contribution in [2.75, 3.05) is 0 Å². The van der Waals surface area contributed by atoms with Gasteiger partial charge in [0.15, 0.2) is 0 Å². The smallest absolute Gasteiger partial charge is 0.214 e. The maximum atomic E-state index is 12.0.